The van der Waals surface area contributed by atoms with Crippen LogP contribution in [0.4, 0.5) is 0 Å². The van der Waals surface area contributed by atoms with Crippen LogP contribution in [-0.2, 0) is 47.3 Å². The molecule has 0 nitrogen and oxygen atoms in total. The predicted molar refractivity (Wildman–Crippen MR) is 11.5 cm³/mol. The van der Waals surface area contributed by atoms with Crippen LogP contribution in [0.25, 0.3) is 0 Å². The summed E-state index contributed by atoms with van der Waals surface area (Å²) in [6, 6.07) is 0. The van der Waals surface area contributed by atoms with Crippen LogP contribution in [0, 0.1) is 0 Å². The average molecular weight is 226 g/mol. The summed E-state index contributed by atoms with van der Waals surface area (Å²) in [6.45, 7) is 0. The first-order valence-corrected chi connectivity index (χ1v) is 0. The van der Waals surface area contributed by atoms with E-state index in [-0.39, 0.29) is 66.6 Å². The summed E-state index contributed by atoms with van der Waals surface area (Å²) in [5, 5.41) is 0. The Morgan fingerprint density at radius 1 is 1.00 bits per heavy atom. The second-order valence-corrected chi connectivity index (χ2v) is 0. The van der Waals surface area contributed by atoms with Gasteiger partial charge in [-0.1, -0.05) is 0 Å². The molecule has 0 heterocycles. The third-order valence-electron chi connectivity index (χ3n) is 0. The average Bonchev–Trinajstić information content (AvgIpc) is 0. The van der Waals surface area contributed by atoms with Crippen LogP contribution in [0.5, 0.6) is 0 Å². The first-order valence-electron chi connectivity index (χ1n) is 0. The van der Waals surface area contributed by atoms with E-state index in [0.29, 0.717) is 0 Å². The Morgan fingerprint density at radius 2 is 1.00 bits per heavy atom. The molecule has 0 aromatic rings. The van der Waals surface area contributed by atoms with E-state index in [9.17, 15) is 0 Å². The summed E-state index contributed by atoms with van der Waals surface area (Å²) >= 11 is 0. The molecule has 17 valence electrons. The van der Waals surface area contributed by atoms with Crippen molar-refractivity contribution in [2.45, 2.75) is 0 Å². The van der Waals surface area contributed by atoms with Crippen LogP contribution in [0.2, 0.25) is 0 Å². The van der Waals surface area contributed by atoms with Gasteiger partial charge >= 0.3 is 0 Å². The van der Waals surface area contributed by atoms with E-state index in [4.69, 9.17) is 0 Å². The molecule has 0 amide bonds. The molecule has 0 rings (SSSR count). The van der Waals surface area contributed by atoms with Crippen molar-refractivity contribution in [3.8, 4) is 0 Å². The van der Waals surface area contributed by atoms with Crippen molar-refractivity contribution < 1.29 is 47.3 Å². The van der Waals surface area contributed by atoms with Gasteiger partial charge in [0.1, 0.15) is 0 Å². The molecule has 0 aliphatic heterocycles. The maximum absolute atomic E-state index is 0. The van der Waals surface area contributed by atoms with E-state index in [1.165, 1.54) is 0 Å². The Morgan fingerprint density at radius 3 is 1.00 bits per heavy atom. The van der Waals surface area contributed by atoms with Gasteiger partial charge in [-0.25, -0.2) is 0 Å². The molecule has 0 N–H and O–H groups in total. The Balaban J connectivity index is 0. The van der Waals surface area contributed by atoms with Crippen molar-refractivity contribution in [2.75, 3.05) is 0 Å². The number of hydrogen-bond acceptors (Lipinski definition) is 0. The van der Waals surface area contributed by atoms with Gasteiger partial charge in [0.15, 0.2) is 0 Å². The van der Waals surface area contributed by atoms with Crippen molar-refractivity contribution in [2.24, 2.45) is 0 Å². The summed E-state index contributed by atoms with van der Waals surface area (Å²) in [7, 11) is 0. The molecule has 0 atom stereocenters. The zero-order chi connectivity index (χ0) is 0. The van der Waals surface area contributed by atoms with E-state index < -0.39 is 0 Å². The van der Waals surface area contributed by atoms with E-state index >= 15 is 0 Å². The van der Waals surface area contributed by atoms with Crippen LogP contribution >= 0.6 is 0 Å². The van der Waals surface area contributed by atoms with Gasteiger partial charge in [-0.05, 0) is 0 Å². The van der Waals surface area contributed by atoms with Gasteiger partial charge in [-0.3, -0.25) is 0 Å². The second-order valence-electron chi connectivity index (χ2n) is 0. The molecule has 0 aliphatic carbocycles. The van der Waals surface area contributed by atoms with Gasteiger partial charge in [-0.15, -0.1) is 0 Å². The largest absolute Gasteiger partial charge is 0 e. The summed E-state index contributed by atoms with van der Waals surface area (Å²) in [6.07, 6.45) is 0. The molecule has 0 unspecified atom stereocenters. The fourth-order valence-corrected chi connectivity index (χ4v) is 0. The molecule has 4 heavy (non-hydrogen) atoms. The van der Waals surface area contributed by atoms with Crippen LogP contribution in [0.15, 0.2) is 0 Å². The number of hydrogen-bond donors (Lipinski definition) is 0. The first kappa shape index (κ1) is 40.1. The molecule has 0 aliphatic rings. The SMILES string of the molecule is [B].[Mo].[Si].[Zr]. The van der Waals surface area contributed by atoms with Gasteiger partial charge in [-0.2, -0.15) is 0 Å². The Labute approximate surface area is 66.1 Å². The molecule has 7 radical (unpaired) electrons. The molecular weight excluding hydrogens is 226 g/mol. The molecule has 0 spiro atoms. The van der Waals surface area contributed by atoms with Crippen molar-refractivity contribution in [3.63, 3.8) is 0 Å². The zero-order valence-electron chi connectivity index (χ0n) is 1.99. The Bertz CT molecular complexity index is 8.00. The predicted octanol–water partition coefficient (Wildman–Crippen LogP) is -0.767. The van der Waals surface area contributed by atoms with Crippen LogP contribution < -0.4 is 0 Å². The normalized spacial score (nSPS) is 0. The van der Waals surface area contributed by atoms with E-state index in [1.807, 2.05) is 0 Å². The van der Waals surface area contributed by atoms with E-state index in [0.717, 1.165) is 0 Å². The Kier molecular flexibility index (Phi) is 211. The maximum Gasteiger partial charge on any atom is 0 e. The topological polar surface area (TPSA) is 0 Å². The monoisotopic (exact) mass is 227 g/mol. The molecule has 0 bridgehead atoms. The van der Waals surface area contributed by atoms with Crippen molar-refractivity contribution >= 4 is 19.4 Å². The minimum absolute atomic E-state index is 0. The fourth-order valence-electron chi connectivity index (χ4n) is 0. The number of rotatable bonds is 0. The van der Waals surface area contributed by atoms with Gasteiger partial charge in [0.2, 0.25) is 0 Å². The first-order chi connectivity index (χ1) is 0. The third-order valence-corrected chi connectivity index (χ3v) is 0. The third kappa shape index (κ3) is 9.13. The molecule has 0 aromatic carbocycles. The van der Waals surface area contributed by atoms with Gasteiger partial charge in [0.25, 0.3) is 0 Å². The molecule has 0 aromatic heterocycles. The molecular formula is BMoSiZr. The van der Waals surface area contributed by atoms with E-state index in [1.54, 1.807) is 0 Å². The molecule has 4 heteroatoms. The van der Waals surface area contributed by atoms with Crippen molar-refractivity contribution in [1.29, 1.82) is 0 Å². The van der Waals surface area contributed by atoms with Crippen molar-refractivity contribution in [1.82, 2.24) is 0 Å². The van der Waals surface area contributed by atoms with Gasteiger partial charge in [0, 0.05) is 66.6 Å². The van der Waals surface area contributed by atoms with E-state index in [2.05, 4.69) is 0 Å². The smallest absolute Gasteiger partial charge is 0 e. The fraction of sp³-hybridized carbons (Fsp3) is 0. The second kappa shape index (κ2) is 21.0. The Hall–Kier alpha value is 1.85. The maximum atomic E-state index is 0. The van der Waals surface area contributed by atoms with Crippen LogP contribution in [-0.4, -0.2) is 19.4 Å². The quantitative estimate of drug-likeness (QED) is 0.476. The van der Waals surface area contributed by atoms with Gasteiger partial charge in [0.05, 0.1) is 0 Å². The van der Waals surface area contributed by atoms with Crippen LogP contribution in [0.1, 0.15) is 0 Å². The summed E-state index contributed by atoms with van der Waals surface area (Å²) in [5.41, 5.74) is 0. The van der Waals surface area contributed by atoms with Gasteiger partial charge < -0.3 is 0 Å². The summed E-state index contributed by atoms with van der Waals surface area (Å²) < 4.78 is 0. The molecule has 0 saturated carbocycles. The molecule has 0 fully saturated rings. The summed E-state index contributed by atoms with van der Waals surface area (Å²) in [4.78, 5) is 0. The van der Waals surface area contributed by atoms with Crippen molar-refractivity contribution in [3.05, 3.63) is 0 Å². The molecule has 0 saturated heterocycles. The minimum atomic E-state index is 0. The van der Waals surface area contributed by atoms with Crippen LogP contribution in [0.3, 0.4) is 0 Å². The minimum Gasteiger partial charge on any atom is 0 e. The standard InChI is InChI=1S/B.Mo.Si.Zr. The summed E-state index contributed by atoms with van der Waals surface area (Å²) in [5.74, 6) is 0. The zero-order valence-corrected chi connectivity index (χ0v) is 7.45.